The van der Waals surface area contributed by atoms with Gasteiger partial charge in [-0.05, 0) is 20.3 Å². The first kappa shape index (κ1) is 8.30. The topological polar surface area (TPSA) is 12.5 Å². The molecule has 4 bridgehead atoms. The summed E-state index contributed by atoms with van der Waals surface area (Å²) in [6, 6.07) is 0. The third-order valence-corrected chi connectivity index (χ3v) is 5.76. The molecule has 1 heteroatoms. The Morgan fingerprint density at radius 3 is 2.12 bits per heavy atom. The molecule has 0 amide bonds. The third-order valence-electron chi connectivity index (χ3n) is 5.76. The minimum atomic E-state index is 0.207. The van der Waals surface area contributed by atoms with Gasteiger partial charge in [0.25, 0.3) is 0 Å². The van der Waals surface area contributed by atoms with E-state index >= 15 is 0 Å². The summed E-state index contributed by atoms with van der Waals surface area (Å²) < 4.78 is 6.36. The van der Waals surface area contributed by atoms with Crippen molar-refractivity contribution in [2.75, 3.05) is 0 Å². The Kier molecular flexibility index (Phi) is 1.03. The molecule has 4 aliphatic carbocycles. The average Bonchev–Trinajstić information content (AvgIpc) is 2.67. The predicted molar refractivity (Wildman–Crippen MR) is 61.8 cm³/mol. The lowest BCUT2D eigenvalue weighted by Crippen LogP contribution is -2.33. The molecule has 5 aliphatic rings. The second-order valence-electron chi connectivity index (χ2n) is 6.32. The maximum atomic E-state index is 6.36. The van der Waals surface area contributed by atoms with E-state index in [1.54, 1.807) is 5.57 Å². The van der Waals surface area contributed by atoms with Crippen molar-refractivity contribution in [3.63, 3.8) is 0 Å². The fourth-order valence-electron chi connectivity index (χ4n) is 5.39. The highest BCUT2D eigenvalue weighted by molar-refractivity contribution is 5.58. The van der Waals surface area contributed by atoms with E-state index in [0.29, 0.717) is 23.7 Å². The van der Waals surface area contributed by atoms with Crippen LogP contribution in [-0.4, -0.2) is 11.2 Å². The second kappa shape index (κ2) is 1.99. The van der Waals surface area contributed by atoms with E-state index in [1.165, 1.54) is 12.0 Å². The maximum absolute atomic E-state index is 6.36. The molecule has 1 nitrogen and oxygen atoms in total. The van der Waals surface area contributed by atoms with Gasteiger partial charge in [0.05, 0.1) is 0 Å². The fourth-order valence-corrected chi connectivity index (χ4v) is 5.39. The predicted octanol–water partition coefficient (Wildman–Crippen LogP) is 2.85. The van der Waals surface area contributed by atoms with Crippen molar-refractivity contribution in [3.8, 4) is 0 Å². The van der Waals surface area contributed by atoms with Gasteiger partial charge in [-0.1, -0.05) is 35.5 Å². The molecule has 5 rings (SSSR count). The van der Waals surface area contributed by atoms with Crippen molar-refractivity contribution in [1.82, 2.24) is 0 Å². The highest BCUT2D eigenvalue weighted by Gasteiger charge is 2.90. The van der Waals surface area contributed by atoms with Crippen LogP contribution >= 0.6 is 0 Å². The van der Waals surface area contributed by atoms with E-state index in [-0.39, 0.29) is 11.2 Å². The van der Waals surface area contributed by atoms with Crippen LogP contribution in [0.2, 0.25) is 0 Å². The van der Waals surface area contributed by atoms with Gasteiger partial charge in [-0.3, -0.25) is 0 Å². The van der Waals surface area contributed by atoms with Crippen molar-refractivity contribution < 1.29 is 4.74 Å². The van der Waals surface area contributed by atoms with Crippen LogP contribution in [-0.2, 0) is 4.74 Å². The van der Waals surface area contributed by atoms with Crippen LogP contribution in [0, 0.1) is 23.7 Å². The molecule has 6 unspecified atom stereocenters. The molecule has 0 aromatic rings. The van der Waals surface area contributed by atoms with Crippen LogP contribution in [0.1, 0.15) is 20.3 Å². The van der Waals surface area contributed by atoms with Gasteiger partial charge in [0, 0.05) is 23.7 Å². The van der Waals surface area contributed by atoms with Gasteiger partial charge in [-0.2, -0.15) is 0 Å². The minimum Gasteiger partial charge on any atom is -0.359 e. The molecular formula is C15H16O. The van der Waals surface area contributed by atoms with E-state index < -0.39 is 0 Å². The fraction of sp³-hybridized carbons (Fsp3) is 0.600. The zero-order chi connectivity index (χ0) is 10.7. The number of rotatable bonds is 0. The standard InChI is InChI=1S/C15H16O/c1-8(2)13-11-5-6-12(13)15-10-4-3-9(7-10)14(11,15)16-15/h3-6,9-12H,7H2,1-2H3. The van der Waals surface area contributed by atoms with Gasteiger partial charge in [-0.15, -0.1) is 0 Å². The highest BCUT2D eigenvalue weighted by Crippen LogP contribution is 2.82. The van der Waals surface area contributed by atoms with Crippen molar-refractivity contribution in [2.45, 2.75) is 31.5 Å². The molecule has 16 heavy (non-hydrogen) atoms. The average molecular weight is 212 g/mol. The Morgan fingerprint density at radius 2 is 1.62 bits per heavy atom. The molecule has 6 atom stereocenters. The number of ether oxygens (including phenoxy) is 1. The summed E-state index contributed by atoms with van der Waals surface area (Å²) in [5.74, 6) is 2.60. The number of epoxide rings is 1. The van der Waals surface area contributed by atoms with Crippen LogP contribution in [0.5, 0.6) is 0 Å². The van der Waals surface area contributed by atoms with Crippen LogP contribution in [0.25, 0.3) is 0 Å². The van der Waals surface area contributed by atoms with Crippen molar-refractivity contribution >= 4 is 0 Å². The first-order chi connectivity index (χ1) is 7.72. The van der Waals surface area contributed by atoms with Crippen LogP contribution < -0.4 is 0 Å². The summed E-state index contributed by atoms with van der Waals surface area (Å²) in [6.07, 6.45) is 11.0. The SMILES string of the molecule is CC(C)=C1C2C=CC1C13OC21C1C=CC3C1. The minimum absolute atomic E-state index is 0.207. The number of allylic oxidation sites excluding steroid dienone is 1. The molecule has 82 valence electrons. The maximum Gasteiger partial charge on any atom is 0.116 e. The lowest BCUT2D eigenvalue weighted by molar-refractivity contribution is 0.128. The zero-order valence-electron chi connectivity index (χ0n) is 9.73. The quantitative estimate of drug-likeness (QED) is 0.444. The number of fused-ring (bicyclic) bond motifs is 4. The van der Waals surface area contributed by atoms with Crippen molar-refractivity contribution in [3.05, 3.63) is 35.5 Å². The van der Waals surface area contributed by atoms with E-state index in [4.69, 9.17) is 4.74 Å². The Labute approximate surface area is 95.9 Å². The molecule has 1 heterocycles. The molecule has 1 saturated heterocycles. The Bertz CT molecular complexity index is 472. The largest absolute Gasteiger partial charge is 0.359 e. The smallest absolute Gasteiger partial charge is 0.116 e. The number of hydrogen-bond acceptors (Lipinski definition) is 1. The van der Waals surface area contributed by atoms with E-state index in [1.807, 2.05) is 0 Å². The normalized spacial score (nSPS) is 61.8. The summed E-state index contributed by atoms with van der Waals surface area (Å²) in [7, 11) is 0. The summed E-state index contributed by atoms with van der Waals surface area (Å²) in [5, 5.41) is 0. The Morgan fingerprint density at radius 1 is 1.06 bits per heavy atom. The van der Waals surface area contributed by atoms with E-state index in [2.05, 4.69) is 38.2 Å². The summed E-state index contributed by atoms with van der Waals surface area (Å²) in [5.41, 5.74) is 3.62. The van der Waals surface area contributed by atoms with Gasteiger partial charge in [0.1, 0.15) is 11.2 Å². The lowest BCUT2D eigenvalue weighted by Gasteiger charge is -2.23. The van der Waals surface area contributed by atoms with E-state index in [0.717, 1.165) is 0 Å². The van der Waals surface area contributed by atoms with E-state index in [9.17, 15) is 0 Å². The molecule has 0 aromatic heterocycles. The number of hydrogen-bond donors (Lipinski definition) is 0. The van der Waals surface area contributed by atoms with Crippen molar-refractivity contribution in [2.24, 2.45) is 23.7 Å². The summed E-state index contributed by atoms with van der Waals surface area (Å²) in [6.45, 7) is 4.54. The van der Waals surface area contributed by atoms with Gasteiger partial charge < -0.3 is 4.74 Å². The van der Waals surface area contributed by atoms with Crippen LogP contribution in [0.15, 0.2) is 35.5 Å². The Hall–Kier alpha value is -0.820. The molecule has 0 N–H and O–H groups in total. The van der Waals surface area contributed by atoms with Crippen LogP contribution in [0.4, 0.5) is 0 Å². The molecule has 3 fully saturated rings. The molecule has 2 saturated carbocycles. The highest BCUT2D eigenvalue weighted by atomic mass is 16.6. The zero-order valence-corrected chi connectivity index (χ0v) is 9.73. The van der Waals surface area contributed by atoms with Gasteiger partial charge in [0.2, 0.25) is 0 Å². The third kappa shape index (κ3) is 0.506. The first-order valence-electron chi connectivity index (χ1n) is 6.46. The molecule has 1 aliphatic heterocycles. The second-order valence-corrected chi connectivity index (χ2v) is 6.32. The Balaban J connectivity index is 1.80. The van der Waals surface area contributed by atoms with Gasteiger partial charge in [0.15, 0.2) is 0 Å². The molecule has 0 spiro atoms. The van der Waals surface area contributed by atoms with Gasteiger partial charge in [-0.25, -0.2) is 0 Å². The van der Waals surface area contributed by atoms with Gasteiger partial charge >= 0.3 is 0 Å². The van der Waals surface area contributed by atoms with Crippen LogP contribution in [0.3, 0.4) is 0 Å². The monoisotopic (exact) mass is 212 g/mol. The lowest BCUT2D eigenvalue weighted by atomic mass is 9.76. The molecule has 0 radical (unpaired) electrons. The van der Waals surface area contributed by atoms with Crippen molar-refractivity contribution in [1.29, 1.82) is 0 Å². The summed E-state index contributed by atoms with van der Waals surface area (Å²) in [4.78, 5) is 0. The molecule has 0 aromatic carbocycles. The first-order valence-corrected chi connectivity index (χ1v) is 6.46. The molecular weight excluding hydrogens is 196 g/mol. The summed E-state index contributed by atoms with van der Waals surface area (Å²) >= 11 is 0.